The Balaban J connectivity index is 1.57. The van der Waals surface area contributed by atoms with Crippen molar-refractivity contribution in [3.63, 3.8) is 0 Å². The standard InChI is InChI=1S/C22H20FN3O2S/c1-2-3-6-13-28-17-11-9-15(10-12-17)20-24-22-26(25-20)21(27)19(29-22)14-16-7-4-5-8-18(16)23/h4-5,7-12,14H,2-3,6,13H2,1H3. The van der Waals surface area contributed by atoms with Gasteiger partial charge in [0.15, 0.2) is 5.82 Å². The van der Waals surface area contributed by atoms with Crippen molar-refractivity contribution in [1.82, 2.24) is 14.6 Å². The van der Waals surface area contributed by atoms with E-state index in [2.05, 4.69) is 17.0 Å². The van der Waals surface area contributed by atoms with Gasteiger partial charge in [0.2, 0.25) is 4.96 Å². The van der Waals surface area contributed by atoms with Crippen molar-refractivity contribution >= 4 is 22.4 Å². The van der Waals surface area contributed by atoms with Gasteiger partial charge in [-0.1, -0.05) is 49.3 Å². The van der Waals surface area contributed by atoms with Crippen molar-refractivity contribution in [3.05, 3.63) is 74.8 Å². The van der Waals surface area contributed by atoms with Crippen molar-refractivity contribution in [2.24, 2.45) is 0 Å². The van der Waals surface area contributed by atoms with E-state index >= 15 is 0 Å². The van der Waals surface area contributed by atoms with Crippen LogP contribution in [0.2, 0.25) is 0 Å². The zero-order valence-electron chi connectivity index (χ0n) is 16.0. The van der Waals surface area contributed by atoms with E-state index in [0.717, 1.165) is 30.6 Å². The van der Waals surface area contributed by atoms with E-state index in [9.17, 15) is 9.18 Å². The van der Waals surface area contributed by atoms with Gasteiger partial charge in [0.1, 0.15) is 11.6 Å². The highest BCUT2D eigenvalue weighted by molar-refractivity contribution is 7.15. The number of unbranched alkanes of at least 4 members (excludes halogenated alkanes) is 2. The third kappa shape index (κ3) is 4.19. The van der Waals surface area contributed by atoms with Crippen LogP contribution in [-0.2, 0) is 0 Å². The lowest BCUT2D eigenvalue weighted by Crippen LogP contribution is -2.23. The van der Waals surface area contributed by atoms with Crippen molar-refractivity contribution in [2.45, 2.75) is 26.2 Å². The monoisotopic (exact) mass is 409 g/mol. The van der Waals surface area contributed by atoms with Crippen molar-refractivity contribution in [3.8, 4) is 17.1 Å². The van der Waals surface area contributed by atoms with Gasteiger partial charge in [-0.3, -0.25) is 4.79 Å². The summed E-state index contributed by atoms with van der Waals surface area (Å²) in [7, 11) is 0. The van der Waals surface area contributed by atoms with Crippen LogP contribution in [0.1, 0.15) is 31.7 Å². The number of benzene rings is 2. The molecule has 0 amide bonds. The average molecular weight is 409 g/mol. The molecule has 0 fully saturated rings. The number of fused-ring (bicyclic) bond motifs is 1. The molecule has 0 N–H and O–H groups in total. The molecule has 2 heterocycles. The van der Waals surface area contributed by atoms with Gasteiger partial charge in [0.05, 0.1) is 11.1 Å². The van der Waals surface area contributed by atoms with Gasteiger partial charge < -0.3 is 4.74 Å². The first-order valence-corrected chi connectivity index (χ1v) is 10.4. The van der Waals surface area contributed by atoms with E-state index in [0.29, 0.717) is 27.5 Å². The maximum absolute atomic E-state index is 13.8. The normalized spacial score (nSPS) is 12.0. The maximum atomic E-state index is 13.8. The molecule has 0 aliphatic carbocycles. The molecule has 29 heavy (non-hydrogen) atoms. The second-order valence-electron chi connectivity index (χ2n) is 6.65. The average Bonchev–Trinajstić information content (AvgIpc) is 3.27. The van der Waals surface area contributed by atoms with E-state index in [4.69, 9.17) is 4.74 Å². The third-order valence-corrected chi connectivity index (χ3v) is 5.46. The second-order valence-corrected chi connectivity index (χ2v) is 7.66. The van der Waals surface area contributed by atoms with Crippen LogP contribution in [0.4, 0.5) is 4.39 Å². The number of hydrogen-bond donors (Lipinski definition) is 0. The molecule has 0 radical (unpaired) electrons. The van der Waals surface area contributed by atoms with E-state index in [1.165, 1.54) is 28.0 Å². The highest BCUT2D eigenvalue weighted by Gasteiger charge is 2.12. The molecule has 0 aliphatic heterocycles. The molecular weight excluding hydrogens is 389 g/mol. The van der Waals surface area contributed by atoms with Gasteiger partial charge >= 0.3 is 0 Å². The predicted octanol–water partition coefficient (Wildman–Crippen LogP) is 4.07. The summed E-state index contributed by atoms with van der Waals surface area (Å²) in [5.41, 5.74) is 0.868. The molecular formula is C22H20FN3O2S. The Morgan fingerprint density at radius 3 is 2.66 bits per heavy atom. The lowest BCUT2D eigenvalue weighted by atomic mass is 10.2. The first kappa shape index (κ1) is 19.3. The Hall–Kier alpha value is -3.06. The van der Waals surface area contributed by atoms with Crippen LogP contribution in [0.5, 0.6) is 5.75 Å². The van der Waals surface area contributed by atoms with E-state index in [-0.39, 0.29) is 11.4 Å². The largest absolute Gasteiger partial charge is 0.494 e. The Bertz CT molecular complexity index is 1230. The minimum Gasteiger partial charge on any atom is -0.494 e. The van der Waals surface area contributed by atoms with Crippen LogP contribution in [0, 0.1) is 5.82 Å². The van der Waals surface area contributed by atoms with Crippen LogP contribution >= 0.6 is 11.3 Å². The zero-order chi connectivity index (χ0) is 20.2. The molecule has 0 unspecified atom stereocenters. The van der Waals surface area contributed by atoms with Crippen molar-refractivity contribution < 1.29 is 9.13 Å². The minimum atomic E-state index is -0.372. The summed E-state index contributed by atoms with van der Waals surface area (Å²) in [5.74, 6) is 0.907. The van der Waals surface area contributed by atoms with Crippen molar-refractivity contribution in [1.29, 1.82) is 0 Å². The summed E-state index contributed by atoms with van der Waals surface area (Å²) in [6.45, 7) is 2.86. The van der Waals surface area contributed by atoms with Gasteiger partial charge in [-0.2, -0.15) is 9.50 Å². The third-order valence-electron chi connectivity index (χ3n) is 4.50. The van der Waals surface area contributed by atoms with Crippen LogP contribution in [0.15, 0.2) is 53.3 Å². The zero-order valence-corrected chi connectivity index (χ0v) is 16.8. The fraction of sp³-hybridized carbons (Fsp3) is 0.227. The fourth-order valence-electron chi connectivity index (χ4n) is 2.93. The Kier molecular flexibility index (Phi) is 5.67. The Labute approximate surface area is 171 Å². The van der Waals surface area contributed by atoms with Crippen LogP contribution in [-0.4, -0.2) is 21.2 Å². The van der Waals surface area contributed by atoms with Gasteiger partial charge in [0, 0.05) is 11.1 Å². The molecule has 4 rings (SSSR count). The quantitative estimate of drug-likeness (QED) is 0.432. The van der Waals surface area contributed by atoms with Crippen LogP contribution < -0.4 is 14.8 Å². The highest BCUT2D eigenvalue weighted by atomic mass is 32.1. The van der Waals surface area contributed by atoms with Crippen molar-refractivity contribution in [2.75, 3.05) is 6.61 Å². The molecule has 5 nitrogen and oxygen atoms in total. The Morgan fingerprint density at radius 2 is 1.93 bits per heavy atom. The lowest BCUT2D eigenvalue weighted by Gasteiger charge is -2.05. The summed E-state index contributed by atoms with van der Waals surface area (Å²) >= 11 is 1.19. The first-order chi connectivity index (χ1) is 14.2. The summed E-state index contributed by atoms with van der Waals surface area (Å²) in [4.78, 5) is 17.6. The van der Waals surface area contributed by atoms with Gasteiger partial charge in [-0.25, -0.2) is 4.39 Å². The number of ether oxygens (including phenoxy) is 1. The molecule has 0 bridgehead atoms. The number of halogens is 1. The smallest absolute Gasteiger partial charge is 0.291 e. The minimum absolute atomic E-state index is 0.303. The molecule has 0 saturated heterocycles. The lowest BCUT2D eigenvalue weighted by molar-refractivity contribution is 0.306. The molecule has 2 aromatic heterocycles. The summed E-state index contributed by atoms with van der Waals surface area (Å²) in [6.07, 6.45) is 4.88. The molecule has 0 spiro atoms. The Morgan fingerprint density at radius 1 is 1.14 bits per heavy atom. The molecule has 0 atom stereocenters. The molecule has 148 valence electrons. The number of hydrogen-bond acceptors (Lipinski definition) is 5. The topological polar surface area (TPSA) is 56.5 Å². The predicted molar refractivity (Wildman–Crippen MR) is 113 cm³/mol. The highest BCUT2D eigenvalue weighted by Crippen LogP contribution is 2.20. The molecule has 2 aromatic carbocycles. The summed E-state index contributed by atoms with van der Waals surface area (Å²) in [5, 5.41) is 4.33. The van der Waals surface area contributed by atoms with Gasteiger partial charge in [-0.15, -0.1) is 5.10 Å². The molecule has 0 saturated carbocycles. The van der Waals surface area contributed by atoms with E-state index < -0.39 is 0 Å². The first-order valence-electron chi connectivity index (χ1n) is 9.55. The van der Waals surface area contributed by atoms with Crippen LogP contribution in [0.25, 0.3) is 22.4 Å². The summed E-state index contributed by atoms with van der Waals surface area (Å²) < 4.78 is 21.2. The molecule has 7 heteroatoms. The van der Waals surface area contributed by atoms with Crippen LogP contribution in [0.3, 0.4) is 0 Å². The van der Waals surface area contributed by atoms with Gasteiger partial charge in [-0.05, 0) is 42.8 Å². The van der Waals surface area contributed by atoms with E-state index in [1.54, 1.807) is 18.2 Å². The molecule has 0 aliphatic rings. The van der Waals surface area contributed by atoms with Gasteiger partial charge in [0.25, 0.3) is 5.56 Å². The number of thiazole rings is 1. The maximum Gasteiger partial charge on any atom is 0.291 e. The number of nitrogens with zero attached hydrogens (tertiary/aromatic N) is 3. The number of aromatic nitrogens is 3. The second kappa shape index (κ2) is 8.53. The van der Waals surface area contributed by atoms with E-state index in [1.807, 2.05) is 24.3 Å². The number of rotatable bonds is 7. The summed E-state index contributed by atoms with van der Waals surface area (Å²) in [6, 6.07) is 13.9. The SMILES string of the molecule is CCCCCOc1ccc(-c2nc3sc(=Cc4ccccc4F)c(=O)n3n2)cc1. The fourth-order valence-corrected chi connectivity index (χ4v) is 3.83. The molecule has 4 aromatic rings.